The van der Waals surface area contributed by atoms with Crippen LogP contribution in [0.1, 0.15) is 37.7 Å². The topological polar surface area (TPSA) is 85.7 Å². The van der Waals surface area contributed by atoms with Gasteiger partial charge in [-0.3, -0.25) is 4.79 Å². The van der Waals surface area contributed by atoms with Crippen molar-refractivity contribution in [2.75, 3.05) is 6.54 Å². The van der Waals surface area contributed by atoms with E-state index in [1.165, 1.54) is 0 Å². The molecule has 0 saturated carbocycles. The lowest BCUT2D eigenvalue weighted by Gasteiger charge is -2.03. The fourth-order valence-electron chi connectivity index (χ4n) is 1.49. The summed E-state index contributed by atoms with van der Waals surface area (Å²) in [6.45, 7) is 4.05. The van der Waals surface area contributed by atoms with Crippen molar-refractivity contribution in [1.82, 2.24) is 0 Å². The maximum atomic E-state index is 11.5. The molecule has 0 unspecified atom stereocenters. The Hall–Kier alpha value is -1.49. The number of esters is 1. The van der Waals surface area contributed by atoms with Crippen molar-refractivity contribution < 1.29 is 19.1 Å². The zero-order valence-corrected chi connectivity index (χ0v) is 10.3. The Kier molecular flexibility index (Phi) is 5.03. The lowest BCUT2D eigenvalue weighted by atomic mass is 10.2. The number of aromatic hydroxyl groups is 1. The summed E-state index contributed by atoms with van der Waals surface area (Å²) in [5.74, 6) is 0.555. The minimum Gasteiger partial charge on any atom is -0.502 e. The first-order valence-electron chi connectivity index (χ1n) is 5.82. The largest absolute Gasteiger partial charge is 0.502 e. The van der Waals surface area contributed by atoms with Crippen molar-refractivity contribution in [1.29, 1.82) is 0 Å². The van der Waals surface area contributed by atoms with E-state index in [2.05, 4.69) is 0 Å². The number of unbranched alkanes of at least 4 members (excludes halogenated alkanes) is 1. The van der Waals surface area contributed by atoms with Gasteiger partial charge in [0, 0.05) is 12.8 Å². The van der Waals surface area contributed by atoms with Gasteiger partial charge in [0.25, 0.3) is 0 Å². The van der Waals surface area contributed by atoms with E-state index in [-0.39, 0.29) is 17.5 Å². The Morgan fingerprint density at radius 2 is 2.18 bits per heavy atom. The van der Waals surface area contributed by atoms with Gasteiger partial charge >= 0.3 is 5.97 Å². The fraction of sp³-hybridized carbons (Fsp3) is 0.583. The molecule has 1 rings (SSSR count). The predicted octanol–water partition coefficient (Wildman–Crippen LogP) is 1.89. The zero-order chi connectivity index (χ0) is 12.8. The van der Waals surface area contributed by atoms with Crippen LogP contribution in [0.3, 0.4) is 0 Å². The van der Waals surface area contributed by atoms with E-state index in [0.717, 1.165) is 6.42 Å². The summed E-state index contributed by atoms with van der Waals surface area (Å²) in [5.41, 5.74) is 5.33. The number of carbonyl (C=O) groups is 1. The quantitative estimate of drug-likeness (QED) is 0.586. The van der Waals surface area contributed by atoms with Gasteiger partial charge in [0.05, 0.1) is 0 Å². The van der Waals surface area contributed by atoms with Gasteiger partial charge in [-0.1, -0.05) is 6.92 Å². The third-order valence-corrected chi connectivity index (χ3v) is 2.45. The summed E-state index contributed by atoms with van der Waals surface area (Å²) in [5, 5.41) is 9.68. The third-order valence-electron chi connectivity index (χ3n) is 2.45. The Morgan fingerprint density at radius 3 is 2.76 bits per heavy atom. The van der Waals surface area contributed by atoms with Crippen LogP contribution in [0.2, 0.25) is 0 Å². The molecule has 1 aromatic heterocycles. The summed E-state index contributed by atoms with van der Waals surface area (Å²) in [7, 11) is 0. The molecule has 0 saturated heterocycles. The molecular weight excluding hydrogens is 222 g/mol. The third kappa shape index (κ3) is 3.49. The van der Waals surface area contributed by atoms with Gasteiger partial charge in [-0.05, 0) is 26.3 Å². The van der Waals surface area contributed by atoms with Crippen LogP contribution in [-0.2, 0) is 11.2 Å². The highest BCUT2D eigenvalue weighted by atomic mass is 16.6. The summed E-state index contributed by atoms with van der Waals surface area (Å²) < 4.78 is 10.4. The van der Waals surface area contributed by atoms with Crippen LogP contribution in [0.25, 0.3) is 0 Å². The summed E-state index contributed by atoms with van der Waals surface area (Å²) in [4.78, 5) is 11.5. The molecule has 0 spiro atoms. The molecule has 17 heavy (non-hydrogen) atoms. The molecule has 1 heterocycles. The van der Waals surface area contributed by atoms with Crippen molar-refractivity contribution in [3.05, 3.63) is 11.5 Å². The number of aryl methyl sites for hydroxylation is 2. The van der Waals surface area contributed by atoms with Crippen LogP contribution in [0, 0.1) is 6.92 Å². The summed E-state index contributed by atoms with van der Waals surface area (Å²) >= 11 is 0. The second-order valence-corrected chi connectivity index (χ2v) is 3.83. The molecule has 0 fully saturated rings. The van der Waals surface area contributed by atoms with Crippen LogP contribution in [0.15, 0.2) is 4.42 Å². The number of rotatable bonds is 6. The average Bonchev–Trinajstić information content (AvgIpc) is 2.57. The lowest BCUT2D eigenvalue weighted by Crippen LogP contribution is -2.09. The molecule has 5 nitrogen and oxygen atoms in total. The SMILES string of the molecule is CCc1oc(C)c(O)c1OC(=O)CCCCN. The maximum Gasteiger partial charge on any atom is 0.311 e. The summed E-state index contributed by atoms with van der Waals surface area (Å²) in [6.07, 6.45) is 2.33. The zero-order valence-electron chi connectivity index (χ0n) is 10.3. The lowest BCUT2D eigenvalue weighted by molar-refractivity contribution is -0.134. The molecule has 0 bridgehead atoms. The van der Waals surface area contributed by atoms with Crippen molar-refractivity contribution in [2.45, 2.75) is 39.5 Å². The van der Waals surface area contributed by atoms with Gasteiger partial charge in [-0.25, -0.2) is 0 Å². The smallest absolute Gasteiger partial charge is 0.311 e. The first-order chi connectivity index (χ1) is 8.10. The molecule has 0 amide bonds. The summed E-state index contributed by atoms with van der Waals surface area (Å²) in [6, 6.07) is 0. The number of ether oxygens (including phenoxy) is 1. The second-order valence-electron chi connectivity index (χ2n) is 3.83. The van der Waals surface area contributed by atoms with Crippen LogP contribution < -0.4 is 10.5 Å². The number of nitrogens with two attached hydrogens (primary N) is 1. The Labute approximate surface area is 101 Å². The molecule has 1 aromatic rings. The van der Waals surface area contributed by atoms with Gasteiger partial charge in [0.1, 0.15) is 5.76 Å². The van der Waals surface area contributed by atoms with Crippen LogP contribution in [-0.4, -0.2) is 17.6 Å². The first kappa shape index (κ1) is 13.6. The Balaban J connectivity index is 2.64. The highest BCUT2D eigenvalue weighted by molar-refractivity contribution is 5.73. The van der Waals surface area contributed by atoms with Crippen molar-refractivity contribution in [3.63, 3.8) is 0 Å². The standard InChI is InChI=1S/C12H19NO4/c1-3-9-12(11(15)8(2)16-9)17-10(14)6-4-5-7-13/h15H,3-7,13H2,1-2H3. The van der Waals surface area contributed by atoms with Crippen LogP contribution >= 0.6 is 0 Å². The Morgan fingerprint density at radius 1 is 1.47 bits per heavy atom. The van der Waals surface area contributed by atoms with E-state index < -0.39 is 0 Å². The molecule has 0 aliphatic carbocycles. The molecule has 5 heteroatoms. The second kappa shape index (κ2) is 6.30. The van der Waals surface area contributed by atoms with E-state index in [1.54, 1.807) is 6.92 Å². The van der Waals surface area contributed by atoms with E-state index in [0.29, 0.717) is 37.3 Å². The molecule has 3 N–H and O–H groups in total. The Bertz CT molecular complexity index is 384. The number of hydrogen-bond donors (Lipinski definition) is 2. The minimum atomic E-state index is -0.371. The average molecular weight is 241 g/mol. The number of furan rings is 1. The van der Waals surface area contributed by atoms with E-state index >= 15 is 0 Å². The van der Waals surface area contributed by atoms with E-state index in [4.69, 9.17) is 14.9 Å². The monoisotopic (exact) mass is 241 g/mol. The predicted molar refractivity (Wildman–Crippen MR) is 63.0 cm³/mol. The van der Waals surface area contributed by atoms with Gasteiger partial charge in [-0.15, -0.1) is 0 Å². The molecule has 0 aliphatic rings. The maximum absolute atomic E-state index is 11.5. The molecule has 96 valence electrons. The van der Waals surface area contributed by atoms with Gasteiger partial charge in [0.15, 0.2) is 5.76 Å². The van der Waals surface area contributed by atoms with E-state index in [1.807, 2.05) is 6.92 Å². The van der Waals surface area contributed by atoms with Gasteiger partial charge < -0.3 is 20.0 Å². The molecule has 0 aromatic carbocycles. The fourth-order valence-corrected chi connectivity index (χ4v) is 1.49. The molecule has 0 radical (unpaired) electrons. The number of hydrogen-bond acceptors (Lipinski definition) is 5. The van der Waals surface area contributed by atoms with Crippen molar-refractivity contribution in [3.8, 4) is 11.5 Å². The minimum absolute atomic E-state index is 0.0889. The molecule has 0 aliphatic heterocycles. The molecular formula is C12H19NO4. The van der Waals surface area contributed by atoms with Crippen LogP contribution in [0.5, 0.6) is 11.5 Å². The normalized spacial score (nSPS) is 10.5. The van der Waals surface area contributed by atoms with Crippen molar-refractivity contribution in [2.24, 2.45) is 5.73 Å². The number of carbonyl (C=O) groups excluding carboxylic acids is 1. The van der Waals surface area contributed by atoms with Gasteiger partial charge in [-0.2, -0.15) is 0 Å². The highest BCUT2D eigenvalue weighted by Gasteiger charge is 2.20. The van der Waals surface area contributed by atoms with Crippen LogP contribution in [0.4, 0.5) is 0 Å². The van der Waals surface area contributed by atoms with Gasteiger partial charge in [0.2, 0.25) is 11.5 Å². The highest BCUT2D eigenvalue weighted by Crippen LogP contribution is 2.37. The van der Waals surface area contributed by atoms with Crippen molar-refractivity contribution >= 4 is 5.97 Å². The van der Waals surface area contributed by atoms with E-state index in [9.17, 15) is 9.90 Å². The molecule has 0 atom stereocenters. The first-order valence-corrected chi connectivity index (χ1v) is 5.82.